The highest BCUT2D eigenvalue weighted by molar-refractivity contribution is 9.10. The van der Waals surface area contributed by atoms with Gasteiger partial charge in [0.2, 0.25) is 5.91 Å². The third-order valence-corrected chi connectivity index (χ3v) is 3.54. The molecule has 0 radical (unpaired) electrons. The van der Waals surface area contributed by atoms with Crippen LogP contribution in [0.25, 0.3) is 0 Å². The van der Waals surface area contributed by atoms with E-state index in [1.54, 1.807) is 12.1 Å². The number of alkyl halides is 1. The first-order valence-corrected chi connectivity index (χ1v) is 6.90. The molecule has 0 saturated heterocycles. The fourth-order valence-corrected chi connectivity index (χ4v) is 1.87. The van der Waals surface area contributed by atoms with Gasteiger partial charge in [0.25, 0.3) is 0 Å². The van der Waals surface area contributed by atoms with Crippen LogP contribution in [0.15, 0.2) is 48.5 Å². The number of rotatable bonds is 5. The highest BCUT2D eigenvalue weighted by atomic mass is 79.9. The number of amides is 1. The molecule has 2 rings (SSSR count). The summed E-state index contributed by atoms with van der Waals surface area (Å²) < 4.78 is 18.3. The average molecular weight is 352 g/mol. The Morgan fingerprint density at radius 2 is 1.48 bits per heavy atom. The molecule has 2 aromatic rings. The van der Waals surface area contributed by atoms with Crippen LogP contribution in [-0.4, -0.2) is 16.5 Å². The number of hydrogen-bond acceptors (Lipinski definition) is 3. The van der Waals surface area contributed by atoms with E-state index in [9.17, 15) is 14.0 Å². The van der Waals surface area contributed by atoms with Crippen LogP contribution in [0, 0.1) is 5.82 Å². The largest absolute Gasteiger partial charge is 0.457 e. The van der Waals surface area contributed by atoms with Crippen molar-refractivity contribution in [3.8, 4) is 11.5 Å². The summed E-state index contributed by atoms with van der Waals surface area (Å²) >= 11 is 2.93. The third-order valence-electron chi connectivity index (χ3n) is 2.67. The van der Waals surface area contributed by atoms with E-state index in [-0.39, 0.29) is 5.82 Å². The van der Waals surface area contributed by atoms with Crippen LogP contribution < -0.4 is 10.5 Å². The van der Waals surface area contributed by atoms with Crippen molar-refractivity contribution < 1.29 is 18.7 Å². The van der Waals surface area contributed by atoms with E-state index in [1.165, 1.54) is 36.4 Å². The lowest BCUT2D eigenvalue weighted by molar-refractivity contribution is -0.116. The Bertz CT molecular complexity index is 656. The van der Waals surface area contributed by atoms with Crippen LogP contribution in [-0.2, 0) is 4.79 Å². The maximum atomic E-state index is 12.8. The van der Waals surface area contributed by atoms with Gasteiger partial charge in [-0.25, -0.2) is 4.39 Å². The molecule has 4 nitrogen and oxygen atoms in total. The summed E-state index contributed by atoms with van der Waals surface area (Å²) in [5.41, 5.74) is 5.39. The Balaban J connectivity index is 2.10. The molecule has 1 amide bonds. The van der Waals surface area contributed by atoms with Crippen molar-refractivity contribution in [2.75, 3.05) is 0 Å². The number of primary amides is 1. The smallest absolute Gasteiger partial charge is 0.239 e. The van der Waals surface area contributed by atoms with Gasteiger partial charge in [0.1, 0.15) is 17.3 Å². The van der Waals surface area contributed by atoms with Crippen molar-refractivity contribution >= 4 is 27.6 Å². The predicted octanol–water partition coefficient (Wildman–Crippen LogP) is 3.05. The number of ether oxygens (including phenoxy) is 1. The van der Waals surface area contributed by atoms with Crippen molar-refractivity contribution in [3.05, 3.63) is 59.9 Å². The minimum Gasteiger partial charge on any atom is -0.457 e. The number of nitrogens with two attached hydrogens (primary N) is 1. The molecule has 0 aliphatic rings. The summed E-state index contributed by atoms with van der Waals surface area (Å²) in [6.45, 7) is 0. The quantitative estimate of drug-likeness (QED) is 0.511. The SMILES string of the molecule is NC(=O)C(Br)C(=O)c1ccc(Oc2ccc(F)cc2)cc1. The van der Waals surface area contributed by atoms with Crippen LogP contribution in [0.5, 0.6) is 11.5 Å². The maximum Gasteiger partial charge on any atom is 0.239 e. The van der Waals surface area contributed by atoms with Crippen LogP contribution in [0.1, 0.15) is 10.4 Å². The Labute approximate surface area is 128 Å². The molecule has 1 unspecified atom stereocenters. The molecule has 2 N–H and O–H groups in total. The van der Waals surface area contributed by atoms with E-state index < -0.39 is 16.5 Å². The van der Waals surface area contributed by atoms with Crippen molar-refractivity contribution in [1.29, 1.82) is 0 Å². The molecule has 108 valence electrons. The van der Waals surface area contributed by atoms with Crippen molar-refractivity contribution in [1.82, 2.24) is 0 Å². The van der Waals surface area contributed by atoms with Crippen LogP contribution in [0.2, 0.25) is 0 Å². The highest BCUT2D eigenvalue weighted by Gasteiger charge is 2.22. The van der Waals surface area contributed by atoms with E-state index in [0.717, 1.165) is 0 Å². The standard InChI is InChI=1S/C15H11BrFNO3/c16-13(15(18)20)14(19)9-1-5-11(6-2-9)21-12-7-3-10(17)4-8-12/h1-8,13H,(H2,18,20). The number of benzene rings is 2. The molecule has 6 heteroatoms. The second kappa shape index (κ2) is 6.49. The van der Waals surface area contributed by atoms with Crippen LogP contribution in [0.3, 0.4) is 0 Å². The van der Waals surface area contributed by atoms with E-state index in [2.05, 4.69) is 15.9 Å². The molecule has 1 atom stereocenters. The number of ketones is 1. The number of carbonyl (C=O) groups excluding carboxylic acids is 2. The summed E-state index contributed by atoms with van der Waals surface area (Å²) in [5, 5.41) is 0. The van der Waals surface area contributed by atoms with E-state index in [0.29, 0.717) is 17.1 Å². The van der Waals surface area contributed by atoms with Gasteiger partial charge in [-0.2, -0.15) is 0 Å². The number of hydrogen-bond donors (Lipinski definition) is 1. The molecule has 0 aromatic heterocycles. The zero-order valence-electron chi connectivity index (χ0n) is 10.8. The fourth-order valence-electron chi connectivity index (χ4n) is 1.60. The Morgan fingerprint density at radius 1 is 1.00 bits per heavy atom. The minimum absolute atomic E-state index is 0.335. The van der Waals surface area contributed by atoms with Gasteiger partial charge in [0.15, 0.2) is 10.6 Å². The average Bonchev–Trinajstić information content (AvgIpc) is 2.49. The maximum absolute atomic E-state index is 12.8. The normalized spacial score (nSPS) is 11.7. The number of Topliss-reactive ketones (excluding diaryl/α,β-unsaturated/α-hetero) is 1. The third kappa shape index (κ3) is 3.88. The Morgan fingerprint density at radius 3 is 1.95 bits per heavy atom. The fraction of sp³-hybridized carbons (Fsp3) is 0.0667. The molecular formula is C15H11BrFNO3. The number of halogens is 2. The van der Waals surface area contributed by atoms with Gasteiger partial charge >= 0.3 is 0 Å². The lowest BCUT2D eigenvalue weighted by Gasteiger charge is -2.08. The summed E-state index contributed by atoms with van der Waals surface area (Å²) in [6.07, 6.45) is 0. The zero-order chi connectivity index (χ0) is 15.4. The molecule has 0 bridgehead atoms. The predicted molar refractivity (Wildman–Crippen MR) is 79.2 cm³/mol. The summed E-state index contributed by atoms with van der Waals surface area (Å²) in [4.78, 5) is 21.8. The molecule has 0 heterocycles. The van der Waals surface area contributed by atoms with Crippen molar-refractivity contribution in [2.24, 2.45) is 5.73 Å². The Hall–Kier alpha value is -2.21. The zero-order valence-corrected chi connectivity index (χ0v) is 12.3. The molecule has 0 spiro atoms. The highest BCUT2D eigenvalue weighted by Crippen LogP contribution is 2.22. The van der Waals surface area contributed by atoms with E-state index in [1.807, 2.05) is 0 Å². The molecule has 0 aliphatic heterocycles. The first-order valence-electron chi connectivity index (χ1n) is 5.98. The van der Waals surface area contributed by atoms with Gasteiger partial charge in [-0.1, -0.05) is 15.9 Å². The molecule has 2 aromatic carbocycles. The Kier molecular flexibility index (Phi) is 4.70. The first-order chi connectivity index (χ1) is 9.97. The lowest BCUT2D eigenvalue weighted by atomic mass is 10.1. The second-order valence-electron chi connectivity index (χ2n) is 4.21. The number of carbonyl (C=O) groups is 2. The van der Waals surface area contributed by atoms with Crippen molar-refractivity contribution in [3.63, 3.8) is 0 Å². The van der Waals surface area contributed by atoms with Crippen LogP contribution in [0.4, 0.5) is 4.39 Å². The van der Waals surface area contributed by atoms with Gasteiger partial charge < -0.3 is 10.5 Å². The molecule has 21 heavy (non-hydrogen) atoms. The lowest BCUT2D eigenvalue weighted by Crippen LogP contribution is -2.30. The molecule has 0 aliphatic carbocycles. The summed E-state index contributed by atoms with van der Waals surface area (Å²) in [5.74, 6) is -0.546. The second-order valence-corrected chi connectivity index (χ2v) is 5.13. The topological polar surface area (TPSA) is 69.4 Å². The van der Waals surface area contributed by atoms with Gasteiger partial charge in [-0.3, -0.25) is 9.59 Å². The monoisotopic (exact) mass is 351 g/mol. The van der Waals surface area contributed by atoms with E-state index in [4.69, 9.17) is 10.5 Å². The van der Waals surface area contributed by atoms with Gasteiger partial charge in [0, 0.05) is 5.56 Å². The molecular weight excluding hydrogens is 341 g/mol. The van der Waals surface area contributed by atoms with Gasteiger partial charge in [-0.05, 0) is 48.5 Å². The summed E-state index contributed by atoms with van der Waals surface area (Å²) in [6, 6.07) is 11.8. The van der Waals surface area contributed by atoms with Crippen molar-refractivity contribution in [2.45, 2.75) is 4.83 Å². The molecule has 0 fully saturated rings. The molecule has 0 saturated carbocycles. The minimum atomic E-state index is -1.05. The van der Waals surface area contributed by atoms with Crippen LogP contribution >= 0.6 is 15.9 Å². The van der Waals surface area contributed by atoms with Gasteiger partial charge in [0.05, 0.1) is 0 Å². The summed E-state index contributed by atoms with van der Waals surface area (Å²) in [7, 11) is 0. The van der Waals surface area contributed by atoms with E-state index >= 15 is 0 Å². The first kappa shape index (κ1) is 15.2. The van der Waals surface area contributed by atoms with Gasteiger partial charge in [-0.15, -0.1) is 0 Å².